The van der Waals surface area contributed by atoms with Gasteiger partial charge in [-0.2, -0.15) is 0 Å². The van der Waals surface area contributed by atoms with Crippen molar-refractivity contribution in [3.63, 3.8) is 0 Å². The topological polar surface area (TPSA) is 81.5 Å². The first-order valence-corrected chi connectivity index (χ1v) is 11.8. The van der Waals surface area contributed by atoms with E-state index >= 15 is 0 Å². The number of ketones is 1. The number of thiazole rings is 1. The Morgan fingerprint density at radius 1 is 1.23 bits per heavy atom. The van der Waals surface area contributed by atoms with Gasteiger partial charge in [0.15, 0.2) is 10.9 Å². The van der Waals surface area contributed by atoms with Gasteiger partial charge in [-0.3, -0.25) is 4.79 Å². The minimum atomic E-state index is -3.92. The quantitative estimate of drug-likeness (QED) is 0.350. The number of aryl methyl sites for hydroxylation is 1. The van der Waals surface area contributed by atoms with E-state index in [0.717, 1.165) is 28.7 Å². The Bertz CT molecular complexity index is 1090. The molecule has 0 spiro atoms. The van der Waals surface area contributed by atoms with Gasteiger partial charge in [0.2, 0.25) is 0 Å². The fourth-order valence-corrected chi connectivity index (χ4v) is 5.59. The lowest BCUT2D eigenvalue weighted by atomic mass is 10.1. The highest BCUT2D eigenvalue weighted by Gasteiger charge is 2.30. The van der Waals surface area contributed by atoms with Gasteiger partial charge >= 0.3 is 0 Å². The normalized spacial score (nSPS) is 11.6. The van der Waals surface area contributed by atoms with Crippen molar-refractivity contribution in [2.45, 2.75) is 31.7 Å². The number of Topliss-reactive ketones (excluding diaryl/α,β-unsaturated/α-hetero) is 1. The predicted octanol–water partition coefficient (Wildman–Crippen LogP) is 3.68. The summed E-state index contributed by atoms with van der Waals surface area (Å²) in [6, 6.07) is 9.91. The fraction of sp³-hybridized carbons (Fsp3) is 0.333. The zero-order valence-electron chi connectivity index (χ0n) is 17.2. The van der Waals surface area contributed by atoms with Crippen molar-refractivity contribution in [3.8, 4) is 0 Å². The Morgan fingerprint density at radius 3 is 2.60 bits per heavy atom. The summed E-state index contributed by atoms with van der Waals surface area (Å²) >= 11 is 1.18. The van der Waals surface area contributed by atoms with Crippen LogP contribution in [-0.4, -0.2) is 44.0 Å². The van der Waals surface area contributed by atoms with Crippen LogP contribution in [0.3, 0.4) is 0 Å². The number of benzene rings is 1. The molecule has 30 heavy (non-hydrogen) atoms. The lowest BCUT2D eigenvalue weighted by molar-refractivity contribution is 0.100. The molecule has 0 radical (unpaired) electrons. The Labute approximate surface area is 181 Å². The van der Waals surface area contributed by atoms with Crippen LogP contribution in [0, 0.1) is 13.8 Å². The summed E-state index contributed by atoms with van der Waals surface area (Å²) < 4.78 is 34.8. The van der Waals surface area contributed by atoms with Crippen LogP contribution in [0.5, 0.6) is 0 Å². The van der Waals surface area contributed by atoms with Gasteiger partial charge in [-0.05, 0) is 38.5 Å². The molecule has 2 aromatic heterocycles. The number of nitrogens with zero attached hydrogens (tertiary/aromatic N) is 3. The maximum atomic E-state index is 13.3. The lowest BCUT2D eigenvalue weighted by Crippen LogP contribution is -2.36. The van der Waals surface area contributed by atoms with Gasteiger partial charge in [0, 0.05) is 48.8 Å². The molecular formula is C21H25N3O4S2. The van der Waals surface area contributed by atoms with E-state index in [2.05, 4.69) is 9.55 Å². The second-order valence-electron chi connectivity index (χ2n) is 6.85. The first-order valence-electron chi connectivity index (χ1n) is 9.52. The number of hydrogen-bond acceptors (Lipinski definition) is 6. The maximum Gasteiger partial charge on any atom is 0.266 e. The molecule has 1 aromatic carbocycles. The van der Waals surface area contributed by atoms with Crippen LogP contribution in [0.15, 0.2) is 52.9 Å². The van der Waals surface area contributed by atoms with Gasteiger partial charge in [0.05, 0.1) is 4.90 Å². The molecule has 0 aliphatic carbocycles. The van der Waals surface area contributed by atoms with Crippen molar-refractivity contribution in [2.24, 2.45) is 0 Å². The molecule has 0 fully saturated rings. The van der Waals surface area contributed by atoms with Crippen LogP contribution in [0.25, 0.3) is 0 Å². The van der Waals surface area contributed by atoms with Crippen LogP contribution in [-0.2, 0) is 21.3 Å². The second kappa shape index (κ2) is 9.55. The summed E-state index contributed by atoms with van der Waals surface area (Å²) in [7, 11) is -2.27. The van der Waals surface area contributed by atoms with Gasteiger partial charge in [0.25, 0.3) is 10.0 Å². The summed E-state index contributed by atoms with van der Waals surface area (Å²) in [5.41, 5.74) is 2.30. The number of rotatable bonds is 10. The van der Waals surface area contributed by atoms with Gasteiger partial charge in [0.1, 0.15) is 6.54 Å². The minimum Gasteiger partial charge on any atom is -0.385 e. The lowest BCUT2D eigenvalue weighted by Gasteiger charge is -2.21. The molecule has 0 unspecified atom stereocenters. The molecule has 0 aliphatic rings. The molecule has 0 N–H and O–H groups in total. The molecule has 0 saturated carbocycles. The largest absolute Gasteiger partial charge is 0.385 e. The standard InChI is InChI=1S/C21H25N3O4S2/c1-16-14-19(17(2)23(16)11-7-12-28-3)20(25)15-24(21-22-10-13-29-21)30(26,27)18-8-5-4-6-9-18/h4-6,8-10,13-14H,7,11-12,15H2,1-3H3. The van der Waals surface area contributed by atoms with E-state index in [-0.39, 0.29) is 22.4 Å². The van der Waals surface area contributed by atoms with E-state index in [9.17, 15) is 13.2 Å². The van der Waals surface area contributed by atoms with Crippen LogP contribution >= 0.6 is 11.3 Å². The van der Waals surface area contributed by atoms with Gasteiger partial charge in [-0.25, -0.2) is 17.7 Å². The molecule has 9 heteroatoms. The SMILES string of the molecule is COCCCn1c(C)cc(C(=O)CN(c2nccs2)S(=O)(=O)c2ccccc2)c1C. The number of ether oxygens (including phenoxy) is 1. The third-order valence-electron chi connectivity index (χ3n) is 4.86. The van der Waals surface area contributed by atoms with E-state index < -0.39 is 10.0 Å². The van der Waals surface area contributed by atoms with E-state index in [1.165, 1.54) is 29.7 Å². The molecule has 0 saturated heterocycles. The van der Waals surface area contributed by atoms with Crippen molar-refractivity contribution in [1.29, 1.82) is 0 Å². The number of aromatic nitrogens is 2. The molecule has 3 rings (SSSR count). The maximum absolute atomic E-state index is 13.3. The predicted molar refractivity (Wildman–Crippen MR) is 118 cm³/mol. The first-order chi connectivity index (χ1) is 14.4. The summed E-state index contributed by atoms with van der Waals surface area (Å²) in [5, 5.41) is 1.95. The Balaban J connectivity index is 1.91. The zero-order chi connectivity index (χ0) is 21.7. The van der Waals surface area contributed by atoms with Gasteiger partial charge < -0.3 is 9.30 Å². The molecule has 0 aliphatic heterocycles. The Kier molecular flexibility index (Phi) is 7.06. The number of anilines is 1. The van der Waals surface area contributed by atoms with Crippen LogP contribution in [0.4, 0.5) is 5.13 Å². The van der Waals surface area contributed by atoms with E-state index in [1.807, 2.05) is 19.9 Å². The highest BCUT2D eigenvalue weighted by Crippen LogP contribution is 2.26. The summed E-state index contributed by atoms with van der Waals surface area (Å²) in [6.45, 7) is 4.88. The van der Waals surface area contributed by atoms with Crippen molar-refractivity contribution in [1.82, 2.24) is 9.55 Å². The fourth-order valence-electron chi connectivity index (χ4n) is 3.32. The van der Waals surface area contributed by atoms with E-state index in [1.54, 1.807) is 30.7 Å². The number of carbonyl (C=O) groups is 1. The van der Waals surface area contributed by atoms with Crippen LogP contribution < -0.4 is 4.31 Å². The monoisotopic (exact) mass is 447 g/mol. The van der Waals surface area contributed by atoms with E-state index in [0.29, 0.717) is 12.2 Å². The van der Waals surface area contributed by atoms with Crippen LogP contribution in [0.2, 0.25) is 0 Å². The molecule has 160 valence electrons. The summed E-state index contributed by atoms with van der Waals surface area (Å²) in [6.07, 6.45) is 2.35. The van der Waals surface area contributed by atoms with Crippen LogP contribution in [0.1, 0.15) is 28.2 Å². The molecule has 0 atom stereocenters. The van der Waals surface area contributed by atoms with Crippen molar-refractivity contribution >= 4 is 32.3 Å². The number of hydrogen-bond donors (Lipinski definition) is 0. The minimum absolute atomic E-state index is 0.123. The Morgan fingerprint density at radius 2 is 1.97 bits per heavy atom. The Hall–Kier alpha value is -2.49. The zero-order valence-corrected chi connectivity index (χ0v) is 18.9. The number of sulfonamides is 1. The van der Waals surface area contributed by atoms with Crippen molar-refractivity contribution in [3.05, 3.63) is 64.9 Å². The highest BCUT2D eigenvalue weighted by atomic mass is 32.2. The van der Waals surface area contributed by atoms with E-state index in [4.69, 9.17) is 4.74 Å². The third-order valence-corrected chi connectivity index (χ3v) is 7.52. The summed E-state index contributed by atoms with van der Waals surface area (Å²) in [5.74, 6) is -0.268. The summed E-state index contributed by atoms with van der Waals surface area (Å²) in [4.78, 5) is 17.4. The average Bonchev–Trinajstić information content (AvgIpc) is 3.36. The average molecular weight is 448 g/mol. The number of methoxy groups -OCH3 is 1. The molecule has 0 amide bonds. The molecule has 3 aromatic rings. The number of carbonyl (C=O) groups excluding carboxylic acids is 1. The highest BCUT2D eigenvalue weighted by molar-refractivity contribution is 7.93. The third kappa shape index (κ3) is 4.63. The molecule has 0 bridgehead atoms. The molecule has 7 nitrogen and oxygen atoms in total. The van der Waals surface area contributed by atoms with Gasteiger partial charge in [-0.15, -0.1) is 11.3 Å². The van der Waals surface area contributed by atoms with Crippen molar-refractivity contribution < 1.29 is 17.9 Å². The second-order valence-corrected chi connectivity index (χ2v) is 9.58. The molecular weight excluding hydrogens is 422 g/mol. The van der Waals surface area contributed by atoms with Gasteiger partial charge in [-0.1, -0.05) is 18.2 Å². The van der Waals surface area contributed by atoms with Crippen molar-refractivity contribution in [2.75, 3.05) is 24.6 Å². The molecule has 2 heterocycles. The first kappa shape index (κ1) is 22.2. The smallest absolute Gasteiger partial charge is 0.266 e.